The number of hydrogen-bond acceptors (Lipinski definition) is 6. The Morgan fingerprint density at radius 1 is 1.23 bits per heavy atom. The summed E-state index contributed by atoms with van der Waals surface area (Å²) >= 11 is 1.97. The number of ether oxygens (including phenoxy) is 2. The molecule has 1 heterocycles. The summed E-state index contributed by atoms with van der Waals surface area (Å²) < 4.78 is 11.4. The zero-order valence-corrected chi connectivity index (χ0v) is 19.1. The quantitative estimate of drug-likeness (QED) is 0.309. The van der Waals surface area contributed by atoms with Crippen LogP contribution in [0.25, 0.3) is 6.08 Å². The number of nitrogens with one attached hydrogen (secondary N) is 1. The molecule has 2 fully saturated rings. The van der Waals surface area contributed by atoms with Crippen molar-refractivity contribution < 1.29 is 33.8 Å². The Morgan fingerprint density at radius 2 is 1.94 bits per heavy atom. The second kappa shape index (κ2) is 10.1. The number of benzene rings is 1. The summed E-state index contributed by atoms with van der Waals surface area (Å²) in [6, 6.07) is 2.32. The van der Waals surface area contributed by atoms with Crippen molar-refractivity contribution in [1.29, 1.82) is 0 Å². The van der Waals surface area contributed by atoms with Gasteiger partial charge < -0.3 is 14.6 Å². The molecule has 0 aromatic heterocycles. The number of rotatable bonds is 7. The Labute approximate surface area is 192 Å². The van der Waals surface area contributed by atoms with Crippen molar-refractivity contribution in [1.82, 2.24) is 10.2 Å². The average Bonchev–Trinajstić information content (AvgIpc) is 2.71. The number of hydrogen-bond donors (Lipinski definition) is 2. The first-order valence-electron chi connectivity index (χ1n) is 10.0. The molecule has 10 heteroatoms. The SMILES string of the molecule is CCOc1cc(C=C2C(=O)NC(=O)N(C3CCCCC3)C2=O)cc(I)c1OCC(=O)O. The first kappa shape index (κ1) is 23.0. The molecular formula is C21H23IN2O7. The molecule has 1 aliphatic carbocycles. The molecule has 9 nitrogen and oxygen atoms in total. The van der Waals surface area contributed by atoms with E-state index in [0.29, 0.717) is 21.5 Å². The lowest BCUT2D eigenvalue weighted by molar-refractivity contribution is -0.139. The Hall–Kier alpha value is -2.63. The minimum atomic E-state index is -1.12. The van der Waals surface area contributed by atoms with E-state index < -0.39 is 30.4 Å². The molecule has 0 radical (unpaired) electrons. The molecule has 1 aromatic rings. The van der Waals surface area contributed by atoms with Gasteiger partial charge in [0, 0.05) is 6.04 Å². The number of barbiturate groups is 1. The van der Waals surface area contributed by atoms with Crippen LogP contribution in [0.2, 0.25) is 0 Å². The van der Waals surface area contributed by atoms with Crippen LogP contribution in [0.5, 0.6) is 11.5 Å². The molecule has 0 unspecified atom stereocenters. The third kappa shape index (κ3) is 5.35. The van der Waals surface area contributed by atoms with Gasteiger partial charge in [0.1, 0.15) is 5.57 Å². The zero-order valence-electron chi connectivity index (χ0n) is 17.0. The standard InChI is InChI=1S/C21H23IN2O7/c1-2-30-16-10-12(9-15(22)18(16)31-11-17(25)26)8-14-19(27)23-21(29)24(20(14)28)13-6-4-3-5-7-13/h8-10,13H,2-7,11H2,1H3,(H,25,26)(H,23,27,29). The van der Waals surface area contributed by atoms with E-state index in [1.165, 1.54) is 6.08 Å². The molecular weight excluding hydrogens is 519 g/mol. The Bertz CT molecular complexity index is 938. The average molecular weight is 542 g/mol. The third-order valence-electron chi connectivity index (χ3n) is 5.06. The number of nitrogens with zero attached hydrogens (tertiary/aromatic N) is 1. The van der Waals surface area contributed by atoms with Crippen LogP contribution < -0.4 is 14.8 Å². The van der Waals surface area contributed by atoms with E-state index in [2.05, 4.69) is 5.32 Å². The van der Waals surface area contributed by atoms with Gasteiger partial charge in [-0.2, -0.15) is 0 Å². The lowest BCUT2D eigenvalue weighted by Crippen LogP contribution is -2.58. The monoisotopic (exact) mass is 542 g/mol. The fourth-order valence-electron chi connectivity index (χ4n) is 3.72. The number of amides is 4. The highest BCUT2D eigenvalue weighted by Crippen LogP contribution is 2.35. The van der Waals surface area contributed by atoms with Crippen LogP contribution in [0.3, 0.4) is 0 Å². The maximum atomic E-state index is 13.0. The van der Waals surface area contributed by atoms with Gasteiger partial charge in [0.2, 0.25) is 0 Å². The minimum Gasteiger partial charge on any atom is -0.490 e. The third-order valence-corrected chi connectivity index (χ3v) is 5.86. The van der Waals surface area contributed by atoms with Crippen molar-refractivity contribution >= 4 is 52.5 Å². The van der Waals surface area contributed by atoms with E-state index in [4.69, 9.17) is 14.6 Å². The van der Waals surface area contributed by atoms with E-state index in [1.807, 2.05) is 22.6 Å². The molecule has 1 saturated carbocycles. The molecule has 0 bridgehead atoms. The predicted molar refractivity (Wildman–Crippen MR) is 119 cm³/mol. The summed E-state index contributed by atoms with van der Waals surface area (Å²) in [6.07, 6.45) is 5.79. The highest BCUT2D eigenvalue weighted by atomic mass is 127. The largest absolute Gasteiger partial charge is 0.490 e. The maximum absolute atomic E-state index is 13.0. The molecule has 31 heavy (non-hydrogen) atoms. The van der Waals surface area contributed by atoms with Crippen LogP contribution in [0.4, 0.5) is 4.79 Å². The second-order valence-electron chi connectivity index (χ2n) is 7.23. The Morgan fingerprint density at radius 3 is 2.58 bits per heavy atom. The smallest absolute Gasteiger partial charge is 0.341 e. The normalized spacial score (nSPS) is 18.8. The van der Waals surface area contributed by atoms with Crippen molar-refractivity contribution in [2.45, 2.75) is 45.1 Å². The minimum absolute atomic E-state index is 0.136. The fraction of sp³-hybridized carbons (Fsp3) is 0.429. The number of carboxylic acids is 1. The van der Waals surface area contributed by atoms with Gasteiger partial charge in [0.15, 0.2) is 18.1 Å². The van der Waals surface area contributed by atoms with Crippen molar-refractivity contribution in [2.24, 2.45) is 0 Å². The van der Waals surface area contributed by atoms with Gasteiger partial charge in [-0.05, 0) is 66.1 Å². The van der Waals surface area contributed by atoms with Gasteiger partial charge in [-0.25, -0.2) is 9.59 Å². The lowest BCUT2D eigenvalue weighted by Gasteiger charge is -2.35. The number of urea groups is 1. The van der Waals surface area contributed by atoms with E-state index in [-0.39, 0.29) is 17.4 Å². The van der Waals surface area contributed by atoms with Crippen molar-refractivity contribution in [3.8, 4) is 11.5 Å². The maximum Gasteiger partial charge on any atom is 0.341 e. The zero-order chi connectivity index (χ0) is 22.5. The number of carbonyl (C=O) groups excluding carboxylic acids is 3. The van der Waals surface area contributed by atoms with Crippen molar-refractivity contribution in [3.05, 3.63) is 26.8 Å². The van der Waals surface area contributed by atoms with Gasteiger partial charge in [0.25, 0.3) is 11.8 Å². The molecule has 0 spiro atoms. The van der Waals surface area contributed by atoms with Crippen LogP contribution in [0.15, 0.2) is 17.7 Å². The van der Waals surface area contributed by atoms with Gasteiger partial charge in [-0.3, -0.25) is 19.8 Å². The number of aliphatic carboxylic acids is 1. The summed E-state index contributed by atoms with van der Waals surface area (Å²) in [5, 5.41) is 11.1. The highest BCUT2D eigenvalue weighted by Gasteiger charge is 2.40. The van der Waals surface area contributed by atoms with Crippen LogP contribution in [-0.4, -0.2) is 53.1 Å². The predicted octanol–water partition coefficient (Wildman–Crippen LogP) is 2.95. The van der Waals surface area contributed by atoms with Gasteiger partial charge >= 0.3 is 12.0 Å². The summed E-state index contributed by atoms with van der Waals surface area (Å²) in [6.45, 7) is 1.55. The van der Waals surface area contributed by atoms with E-state index in [0.717, 1.165) is 37.0 Å². The number of imide groups is 2. The number of carboxylic acid groups (broad SMARTS) is 1. The lowest BCUT2D eigenvalue weighted by atomic mass is 9.93. The summed E-state index contributed by atoms with van der Waals surface area (Å²) in [4.78, 5) is 49.8. The topological polar surface area (TPSA) is 122 Å². The fourth-order valence-corrected chi connectivity index (χ4v) is 4.50. The van der Waals surface area contributed by atoms with Crippen LogP contribution in [0, 0.1) is 3.57 Å². The molecule has 2 N–H and O–H groups in total. The van der Waals surface area contributed by atoms with Gasteiger partial charge in [-0.15, -0.1) is 0 Å². The van der Waals surface area contributed by atoms with E-state index in [1.54, 1.807) is 19.1 Å². The van der Waals surface area contributed by atoms with Crippen LogP contribution in [-0.2, 0) is 14.4 Å². The molecule has 0 atom stereocenters. The number of halogens is 1. The van der Waals surface area contributed by atoms with Gasteiger partial charge in [-0.1, -0.05) is 19.3 Å². The van der Waals surface area contributed by atoms with Crippen molar-refractivity contribution in [3.63, 3.8) is 0 Å². The molecule has 1 aromatic carbocycles. The summed E-state index contributed by atoms with van der Waals surface area (Å²) in [7, 11) is 0. The van der Waals surface area contributed by atoms with E-state index in [9.17, 15) is 19.2 Å². The summed E-state index contributed by atoms with van der Waals surface area (Å²) in [5.74, 6) is -1.92. The van der Waals surface area contributed by atoms with E-state index >= 15 is 0 Å². The van der Waals surface area contributed by atoms with Crippen molar-refractivity contribution in [2.75, 3.05) is 13.2 Å². The molecule has 1 aliphatic heterocycles. The first-order valence-corrected chi connectivity index (χ1v) is 11.1. The molecule has 166 valence electrons. The molecule has 2 aliphatic rings. The Kier molecular flexibility index (Phi) is 7.52. The summed E-state index contributed by atoms with van der Waals surface area (Å²) in [5.41, 5.74) is 0.356. The molecule has 1 saturated heterocycles. The van der Waals surface area contributed by atoms with Crippen LogP contribution in [0.1, 0.15) is 44.6 Å². The molecule has 3 rings (SSSR count). The Balaban J connectivity index is 1.94. The highest BCUT2D eigenvalue weighted by molar-refractivity contribution is 14.1. The van der Waals surface area contributed by atoms with Gasteiger partial charge in [0.05, 0.1) is 10.2 Å². The second-order valence-corrected chi connectivity index (χ2v) is 8.39. The number of carbonyl (C=O) groups is 4. The van der Waals surface area contributed by atoms with Crippen LogP contribution >= 0.6 is 22.6 Å². The first-order chi connectivity index (χ1) is 14.8. The molecule has 4 amide bonds.